The molecule has 0 heterocycles. The first-order valence-corrected chi connectivity index (χ1v) is 7.04. The quantitative estimate of drug-likeness (QED) is 0.589. The molecule has 0 aromatic heterocycles. The lowest BCUT2D eigenvalue weighted by molar-refractivity contribution is -0.160. The van der Waals surface area contributed by atoms with Crippen molar-refractivity contribution in [2.24, 2.45) is 0 Å². The van der Waals surface area contributed by atoms with Crippen molar-refractivity contribution in [1.82, 2.24) is 4.90 Å². The summed E-state index contributed by atoms with van der Waals surface area (Å²) in [6.07, 6.45) is -4.45. The van der Waals surface area contributed by atoms with Crippen molar-refractivity contribution in [3.8, 4) is 0 Å². The summed E-state index contributed by atoms with van der Waals surface area (Å²) in [7, 11) is 0. The zero-order chi connectivity index (χ0) is 15.2. The minimum Gasteiger partial charge on any atom is -0.334 e. The predicted octanol–water partition coefficient (Wildman–Crippen LogP) is 3.72. The topological polar surface area (TPSA) is 20.3 Å². The fourth-order valence-electron chi connectivity index (χ4n) is 1.56. The molecular weight excluding hydrogens is 294 g/mol. The summed E-state index contributed by atoms with van der Waals surface area (Å²) < 4.78 is 50.0. The number of benzene rings is 1. The normalized spacial score (nSPS) is 11.4. The molecule has 20 heavy (non-hydrogen) atoms. The number of halogens is 4. The molecule has 0 N–H and O–H groups in total. The van der Waals surface area contributed by atoms with Gasteiger partial charge in [-0.25, -0.2) is 4.39 Å². The van der Waals surface area contributed by atoms with Crippen LogP contribution in [0.4, 0.5) is 17.6 Å². The second-order valence-corrected chi connectivity index (χ2v) is 5.19. The van der Waals surface area contributed by atoms with Gasteiger partial charge in [0.15, 0.2) is 0 Å². The van der Waals surface area contributed by atoms with E-state index in [9.17, 15) is 22.4 Å². The lowest BCUT2D eigenvalue weighted by atomic mass is 10.3. The van der Waals surface area contributed by atoms with Gasteiger partial charge in [0, 0.05) is 23.6 Å². The summed E-state index contributed by atoms with van der Waals surface area (Å²) in [6.45, 7) is 0.253. The van der Waals surface area contributed by atoms with Crippen molar-refractivity contribution in [3.63, 3.8) is 0 Å². The molecule has 112 valence electrons. The first-order chi connectivity index (χ1) is 9.33. The average molecular weight is 309 g/mol. The van der Waals surface area contributed by atoms with Gasteiger partial charge < -0.3 is 4.90 Å². The highest BCUT2D eigenvalue weighted by Crippen LogP contribution is 2.22. The molecule has 0 unspecified atom stereocenters. The van der Waals surface area contributed by atoms with Gasteiger partial charge in [-0.3, -0.25) is 4.79 Å². The summed E-state index contributed by atoms with van der Waals surface area (Å²) in [4.78, 5) is 12.8. The molecule has 1 aromatic rings. The number of thioether (sulfide) groups is 1. The Balaban J connectivity index is 2.44. The third-order valence-corrected chi connectivity index (χ3v) is 3.57. The van der Waals surface area contributed by atoms with Crippen LogP contribution in [0.3, 0.4) is 0 Å². The Hall–Kier alpha value is -1.24. The van der Waals surface area contributed by atoms with Gasteiger partial charge in [-0.15, -0.1) is 11.8 Å². The fraction of sp³-hybridized carbons (Fsp3) is 0.462. The van der Waals surface area contributed by atoms with E-state index in [0.717, 1.165) is 16.7 Å². The van der Waals surface area contributed by atoms with Gasteiger partial charge >= 0.3 is 6.18 Å². The Labute approximate surface area is 119 Å². The third kappa shape index (κ3) is 5.81. The van der Waals surface area contributed by atoms with E-state index in [4.69, 9.17) is 0 Å². The molecule has 0 saturated carbocycles. The monoisotopic (exact) mass is 309 g/mol. The van der Waals surface area contributed by atoms with Crippen LogP contribution in [0.2, 0.25) is 0 Å². The maximum Gasteiger partial charge on any atom is 0.406 e. The molecule has 0 fully saturated rings. The SMILES string of the molecule is CCN(CC(F)(F)F)C(=O)CCSc1ccccc1F. The highest BCUT2D eigenvalue weighted by Gasteiger charge is 2.31. The molecule has 0 saturated heterocycles. The summed E-state index contributed by atoms with van der Waals surface area (Å²) >= 11 is 1.12. The maximum absolute atomic E-state index is 13.3. The number of carbonyl (C=O) groups excluding carboxylic acids is 1. The number of hydrogen-bond donors (Lipinski definition) is 0. The lowest BCUT2D eigenvalue weighted by Crippen LogP contribution is -2.38. The smallest absolute Gasteiger partial charge is 0.334 e. The standard InChI is InChI=1S/C13H15F4NOS/c1-2-18(9-13(15,16)17)12(19)7-8-20-11-6-4-3-5-10(11)14/h3-6H,2,7-9H2,1H3. The van der Waals surface area contributed by atoms with Gasteiger partial charge in [-0.2, -0.15) is 13.2 Å². The van der Waals surface area contributed by atoms with Crippen molar-refractivity contribution >= 4 is 17.7 Å². The van der Waals surface area contributed by atoms with Crippen LogP contribution in [0.15, 0.2) is 29.2 Å². The lowest BCUT2D eigenvalue weighted by Gasteiger charge is -2.22. The molecule has 1 aromatic carbocycles. The number of nitrogens with zero attached hydrogens (tertiary/aromatic N) is 1. The van der Waals surface area contributed by atoms with E-state index in [0.29, 0.717) is 4.90 Å². The average Bonchev–Trinajstić information content (AvgIpc) is 2.37. The van der Waals surface area contributed by atoms with Gasteiger partial charge in [0.1, 0.15) is 12.4 Å². The molecule has 0 bridgehead atoms. The van der Waals surface area contributed by atoms with Crippen LogP contribution in [-0.4, -0.2) is 35.8 Å². The molecule has 0 atom stereocenters. The Morgan fingerprint density at radius 2 is 1.95 bits per heavy atom. The summed E-state index contributed by atoms with van der Waals surface area (Å²) in [6, 6.07) is 6.08. The van der Waals surface area contributed by atoms with E-state index in [-0.39, 0.29) is 18.7 Å². The molecule has 0 aliphatic carbocycles. The van der Waals surface area contributed by atoms with Crippen LogP contribution in [0.1, 0.15) is 13.3 Å². The minimum absolute atomic E-state index is 0.00269. The Bertz CT molecular complexity index is 450. The first-order valence-electron chi connectivity index (χ1n) is 6.05. The molecule has 1 amide bonds. The van der Waals surface area contributed by atoms with E-state index in [2.05, 4.69) is 0 Å². The van der Waals surface area contributed by atoms with Gasteiger partial charge in [0.25, 0.3) is 0 Å². The first kappa shape index (κ1) is 16.8. The van der Waals surface area contributed by atoms with E-state index < -0.39 is 24.4 Å². The number of amides is 1. The largest absolute Gasteiger partial charge is 0.406 e. The van der Waals surface area contributed by atoms with Crippen LogP contribution >= 0.6 is 11.8 Å². The highest BCUT2D eigenvalue weighted by atomic mass is 32.2. The number of alkyl halides is 3. The van der Waals surface area contributed by atoms with Crippen molar-refractivity contribution in [2.45, 2.75) is 24.4 Å². The van der Waals surface area contributed by atoms with E-state index in [1.165, 1.54) is 13.0 Å². The Morgan fingerprint density at radius 3 is 2.50 bits per heavy atom. The van der Waals surface area contributed by atoms with Crippen LogP contribution in [-0.2, 0) is 4.79 Å². The van der Waals surface area contributed by atoms with Crippen molar-refractivity contribution in [3.05, 3.63) is 30.1 Å². The second-order valence-electron chi connectivity index (χ2n) is 4.05. The maximum atomic E-state index is 13.3. The fourth-order valence-corrected chi connectivity index (χ4v) is 2.44. The second kappa shape index (κ2) is 7.52. The predicted molar refractivity (Wildman–Crippen MR) is 70.1 cm³/mol. The van der Waals surface area contributed by atoms with Gasteiger partial charge in [-0.05, 0) is 19.1 Å². The summed E-state index contributed by atoms with van der Waals surface area (Å²) in [5.74, 6) is -0.727. The Morgan fingerprint density at radius 1 is 1.30 bits per heavy atom. The van der Waals surface area contributed by atoms with Crippen molar-refractivity contribution in [1.29, 1.82) is 0 Å². The van der Waals surface area contributed by atoms with Crippen molar-refractivity contribution < 1.29 is 22.4 Å². The van der Waals surface area contributed by atoms with Crippen LogP contribution < -0.4 is 0 Å². The molecule has 0 aliphatic rings. The van der Waals surface area contributed by atoms with E-state index >= 15 is 0 Å². The number of rotatable bonds is 6. The molecule has 0 aliphatic heterocycles. The molecular formula is C13H15F4NOS. The molecule has 7 heteroatoms. The van der Waals surface area contributed by atoms with Crippen molar-refractivity contribution in [2.75, 3.05) is 18.8 Å². The third-order valence-electron chi connectivity index (χ3n) is 2.51. The zero-order valence-electron chi connectivity index (χ0n) is 10.9. The number of hydrogen-bond acceptors (Lipinski definition) is 2. The molecule has 2 nitrogen and oxygen atoms in total. The van der Waals surface area contributed by atoms with E-state index in [1.807, 2.05) is 0 Å². The molecule has 0 spiro atoms. The van der Waals surface area contributed by atoms with Crippen LogP contribution in [0, 0.1) is 5.82 Å². The highest BCUT2D eigenvalue weighted by molar-refractivity contribution is 7.99. The summed E-state index contributed by atoms with van der Waals surface area (Å²) in [5, 5.41) is 0. The molecule has 0 radical (unpaired) electrons. The van der Waals surface area contributed by atoms with Crippen LogP contribution in [0.5, 0.6) is 0 Å². The summed E-state index contributed by atoms with van der Waals surface area (Å²) in [5.41, 5.74) is 0. The van der Waals surface area contributed by atoms with Crippen LogP contribution in [0.25, 0.3) is 0 Å². The number of carbonyl (C=O) groups is 1. The van der Waals surface area contributed by atoms with Gasteiger partial charge in [0.2, 0.25) is 5.91 Å². The minimum atomic E-state index is -4.40. The van der Waals surface area contributed by atoms with Gasteiger partial charge in [-0.1, -0.05) is 12.1 Å². The zero-order valence-corrected chi connectivity index (χ0v) is 11.7. The van der Waals surface area contributed by atoms with Gasteiger partial charge in [0.05, 0.1) is 0 Å². The molecule has 1 rings (SSSR count). The Kier molecular flexibility index (Phi) is 6.32. The van der Waals surface area contributed by atoms with E-state index in [1.54, 1.807) is 18.2 Å².